The normalized spacial score (nSPS) is 16.1. The first-order chi connectivity index (χ1) is 11.0. The van der Waals surface area contributed by atoms with Gasteiger partial charge in [-0.3, -0.25) is 4.79 Å². The Labute approximate surface area is 144 Å². The van der Waals surface area contributed by atoms with E-state index in [9.17, 15) is 4.79 Å². The van der Waals surface area contributed by atoms with E-state index in [2.05, 4.69) is 10.5 Å². The van der Waals surface area contributed by atoms with Crippen LogP contribution in [0.3, 0.4) is 0 Å². The molecule has 4 nitrogen and oxygen atoms in total. The Kier molecular flexibility index (Phi) is 4.28. The van der Waals surface area contributed by atoms with Gasteiger partial charge in [-0.1, -0.05) is 47.5 Å². The molecule has 1 amide bonds. The molecule has 3 rings (SSSR count). The fourth-order valence-corrected chi connectivity index (χ4v) is 3.00. The number of hydrogen-bond acceptors (Lipinski definition) is 3. The van der Waals surface area contributed by atoms with Crippen LogP contribution in [0.4, 0.5) is 0 Å². The zero-order valence-electron chi connectivity index (χ0n) is 12.2. The zero-order valence-corrected chi connectivity index (χ0v) is 13.7. The maximum atomic E-state index is 12.5. The topological polar surface area (TPSA) is 67.5 Å². The van der Waals surface area contributed by atoms with Crippen molar-refractivity contribution in [3.63, 3.8) is 0 Å². The summed E-state index contributed by atoms with van der Waals surface area (Å²) in [5.74, 6) is 0.104. The minimum atomic E-state index is -0.901. The number of hydrogen-bond donors (Lipinski definition) is 2. The third-order valence-corrected chi connectivity index (χ3v) is 4.55. The number of benzene rings is 2. The number of nitrogens with zero attached hydrogens (tertiary/aromatic N) is 1. The highest BCUT2D eigenvalue weighted by Crippen LogP contribution is 2.32. The number of carbonyl (C=O) groups excluding carboxylic acids is 1. The van der Waals surface area contributed by atoms with Crippen LogP contribution in [0.15, 0.2) is 53.6 Å². The molecule has 0 fully saturated rings. The summed E-state index contributed by atoms with van der Waals surface area (Å²) in [7, 11) is 0. The van der Waals surface area contributed by atoms with Crippen molar-refractivity contribution in [2.45, 2.75) is 12.8 Å². The van der Waals surface area contributed by atoms with Crippen LogP contribution in [-0.4, -0.2) is 11.7 Å². The summed E-state index contributed by atoms with van der Waals surface area (Å²) >= 11 is 11.8. The lowest BCUT2D eigenvalue weighted by molar-refractivity contribution is -0.126. The largest absolute Gasteiger partial charge is 0.385 e. The maximum absolute atomic E-state index is 12.5. The molecule has 1 aliphatic rings. The lowest BCUT2D eigenvalue weighted by atomic mass is 9.75. The lowest BCUT2D eigenvalue weighted by Crippen LogP contribution is -2.45. The number of nitrogens with two attached hydrogens (primary N) is 1. The molecule has 0 saturated heterocycles. The van der Waals surface area contributed by atoms with Crippen LogP contribution in [0, 0.1) is 5.41 Å². The molecule has 2 aromatic rings. The molecule has 0 atom stereocenters. The summed E-state index contributed by atoms with van der Waals surface area (Å²) in [6.45, 7) is 0. The minimum absolute atomic E-state index is 0.195. The average Bonchev–Trinajstić information content (AvgIpc) is 2.80. The molecule has 118 valence electrons. The second kappa shape index (κ2) is 6.22. The van der Waals surface area contributed by atoms with Crippen molar-refractivity contribution in [1.29, 1.82) is 0 Å². The number of amidine groups is 1. The van der Waals surface area contributed by atoms with Gasteiger partial charge in [0.25, 0.3) is 5.91 Å². The second-order valence-electron chi connectivity index (χ2n) is 5.63. The Morgan fingerprint density at radius 3 is 1.70 bits per heavy atom. The van der Waals surface area contributed by atoms with Gasteiger partial charge in [0.15, 0.2) is 0 Å². The van der Waals surface area contributed by atoms with E-state index < -0.39 is 5.41 Å². The Morgan fingerprint density at radius 2 is 1.35 bits per heavy atom. The molecule has 0 spiro atoms. The van der Waals surface area contributed by atoms with Crippen LogP contribution in [-0.2, 0) is 17.6 Å². The van der Waals surface area contributed by atoms with E-state index in [4.69, 9.17) is 28.9 Å². The van der Waals surface area contributed by atoms with Crippen molar-refractivity contribution < 1.29 is 4.79 Å². The first-order valence-electron chi connectivity index (χ1n) is 7.12. The number of amides is 1. The highest BCUT2D eigenvalue weighted by molar-refractivity contribution is 6.30. The minimum Gasteiger partial charge on any atom is -0.385 e. The molecule has 0 unspecified atom stereocenters. The second-order valence-corrected chi connectivity index (χ2v) is 6.50. The van der Waals surface area contributed by atoms with Crippen LogP contribution in [0.5, 0.6) is 0 Å². The van der Waals surface area contributed by atoms with E-state index in [0.717, 1.165) is 11.1 Å². The highest BCUT2D eigenvalue weighted by Gasteiger charge is 2.46. The van der Waals surface area contributed by atoms with Crippen LogP contribution in [0.2, 0.25) is 10.0 Å². The quantitative estimate of drug-likeness (QED) is 0.891. The van der Waals surface area contributed by atoms with Gasteiger partial charge < -0.3 is 5.73 Å². The number of rotatable bonds is 4. The van der Waals surface area contributed by atoms with Gasteiger partial charge in [0.2, 0.25) is 0 Å². The van der Waals surface area contributed by atoms with E-state index >= 15 is 0 Å². The maximum Gasteiger partial charge on any atom is 0.254 e. The predicted molar refractivity (Wildman–Crippen MR) is 92.5 cm³/mol. The Hall–Kier alpha value is -2.04. The highest BCUT2D eigenvalue weighted by atomic mass is 35.5. The molecular weight excluding hydrogens is 333 g/mol. The van der Waals surface area contributed by atoms with E-state index in [0.29, 0.717) is 28.7 Å². The first kappa shape index (κ1) is 15.8. The van der Waals surface area contributed by atoms with Gasteiger partial charge in [0.05, 0.1) is 0 Å². The molecular formula is C17H15Cl2N3O. The van der Waals surface area contributed by atoms with Gasteiger partial charge in [-0.25, -0.2) is 5.43 Å². The van der Waals surface area contributed by atoms with E-state index in [1.807, 2.05) is 24.3 Å². The summed E-state index contributed by atoms with van der Waals surface area (Å²) in [4.78, 5) is 12.5. The number of hydrazone groups is 1. The van der Waals surface area contributed by atoms with Crippen molar-refractivity contribution in [1.82, 2.24) is 5.43 Å². The summed E-state index contributed by atoms with van der Waals surface area (Å²) in [6, 6.07) is 14.8. The van der Waals surface area contributed by atoms with Crippen LogP contribution in [0.1, 0.15) is 11.1 Å². The summed E-state index contributed by atoms with van der Waals surface area (Å²) in [6.07, 6.45) is 0.905. The Morgan fingerprint density at radius 1 is 0.913 bits per heavy atom. The molecule has 6 heteroatoms. The number of nitrogens with one attached hydrogen (secondary N) is 1. The molecule has 0 aliphatic carbocycles. The molecule has 2 aromatic carbocycles. The predicted octanol–water partition coefficient (Wildman–Crippen LogP) is 3.17. The van der Waals surface area contributed by atoms with Gasteiger partial charge in [-0.2, -0.15) is 5.10 Å². The molecule has 1 aliphatic heterocycles. The molecule has 0 bridgehead atoms. The Bertz CT molecular complexity index is 707. The standard InChI is InChI=1S/C17H15Cl2N3O/c18-13-5-1-11(2-6-13)9-17(15(20)21-22-16(17)23)10-12-3-7-14(19)8-4-12/h1-8H,9-10H2,(H2,20,21)(H,22,23). The Balaban J connectivity index is 1.94. The monoisotopic (exact) mass is 347 g/mol. The van der Waals surface area contributed by atoms with E-state index in [1.54, 1.807) is 24.3 Å². The third kappa shape index (κ3) is 3.19. The molecule has 0 saturated carbocycles. The fraction of sp³-hybridized carbons (Fsp3) is 0.176. The van der Waals surface area contributed by atoms with E-state index in [1.165, 1.54) is 0 Å². The molecule has 1 heterocycles. The summed E-state index contributed by atoms with van der Waals surface area (Å²) in [5, 5.41) is 5.24. The van der Waals surface area contributed by atoms with Crippen LogP contribution < -0.4 is 11.2 Å². The van der Waals surface area contributed by atoms with Crippen molar-refractivity contribution >= 4 is 34.9 Å². The fourth-order valence-electron chi connectivity index (χ4n) is 2.75. The average molecular weight is 348 g/mol. The lowest BCUT2D eigenvalue weighted by Gasteiger charge is -2.26. The van der Waals surface area contributed by atoms with Crippen LogP contribution >= 0.6 is 23.2 Å². The van der Waals surface area contributed by atoms with Gasteiger partial charge >= 0.3 is 0 Å². The van der Waals surface area contributed by atoms with Crippen molar-refractivity contribution in [3.8, 4) is 0 Å². The van der Waals surface area contributed by atoms with Gasteiger partial charge in [-0.05, 0) is 48.2 Å². The van der Waals surface area contributed by atoms with Gasteiger partial charge in [-0.15, -0.1) is 0 Å². The third-order valence-electron chi connectivity index (χ3n) is 4.04. The zero-order chi connectivity index (χ0) is 16.4. The number of halogens is 2. The SMILES string of the molecule is NC1=NNC(=O)C1(Cc1ccc(Cl)cc1)Cc1ccc(Cl)cc1. The number of carbonyl (C=O) groups is 1. The van der Waals surface area contributed by atoms with Crippen molar-refractivity contribution in [3.05, 3.63) is 69.7 Å². The summed E-state index contributed by atoms with van der Waals surface area (Å²) < 4.78 is 0. The summed E-state index contributed by atoms with van der Waals surface area (Å²) in [5.41, 5.74) is 9.61. The van der Waals surface area contributed by atoms with Gasteiger partial charge in [0, 0.05) is 10.0 Å². The van der Waals surface area contributed by atoms with Gasteiger partial charge in [0.1, 0.15) is 11.3 Å². The molecule has 0 aromatic heterocycles. The molecule has 0 radical (unpaired) electrons. The molecule has 23 heavy (non-hydrogen) atoms. The van der Waals surface area contributed by atoms with E-state index in [-0.39, 0.29) is 5.91 Å². The first-order valence-corrected chi connectivity index (χ1v) is 7.88. The van der Waals surface area contributed by atoms with Crippen molar-refractivity contribution in [2.75, 3.05) is 0 Å². The smallest absolute Gasteiger partial charge is 0.254 e. The molecule has 3 N–H and O–H groups in total. The van der Waals surface area contributed by atoms with Crippen molar-refractivity contribution in [2.24, 2.45) is 16.3 Å². The van der Waals surface area contributed by atoms with Crippen LogP contribution in [0.25, 0.3) is 0 Å².